The monoisotopic (exact) mass is 566 g/mol. The van der Waals surface area contributed by atoms with Crippen molar-refractivity contribution in [1.29, 1.82) is 0 Å². The molecule has 1 aliphatic heterocycles. The van der Waals surface area contributed by atoms with Gasteiger partial charge in [0.25, 0.3) is 0 Å². The Morgan fingerprint density at radius 2 is 1.29 bits per heavy atom. The van der Waals surface area contributed by atoms with Gasteiger partial charge in [0.2, 0.25) is 17.7 Å². The normalized spacial score (nSPS) is 27.7. The second kappa shape index (κ2) is 8.57. The Bertz CT molecular complexity index is 1410. The molecule has 0 saturated carbocycles. The number of anilines is 1. The zero-order valence-electron chi connectivity index (χ0n) is 21.0. The molecule has 1 heterocycles. The number of nitrogens with one attached hydrogen (secondary N) is 1. The summed E-state index contributed by atoms with van der Waals surface area (Å²) in [5, 5.41) is 3.35. The van der Waals surface area contributed by atoms with Crippen LogP contribution in [0.15, 0.2) is 66.7 Å². The second-order valence-corrected chi connectivity index (χ2v) is 12.3. The smallest absolute Gasteiger partial charge is 0.247 e. The number of nitrogens with zero attached hydrogens (tertiary/aromatic N) is 1. The number of carbonyl (C=O) groups excluding carboxylic acids is 3. The number of aryl methyl sites for hydroxylation is 1. The lowest BCUT2D eigenvalue weighted by molar-refractivity contribution is -0.148. The van der Waals surface area contributed by atoms with Gasteiger partial charge in [-0.3, -0.25) is 19.3 Å². The molecule has 0 spiro atoms. The molecule has 2 bridgehead atoms. The molecule has 3 amide bonds. The summed E-state index contributed by atoms with van der Waals surface area (Å²) in [6, 6.07) is 19.0. The summed E-state index contributed by atoms with van der Waals surface area (Å²) >= 11 is 21.3. The average Bonchev–Trinajstić information content (AvgIpc) is 3.16. The third-order valence-electron chi connectivity index (χ3n) is 8.24. The van der Waals surface area contributed by atoms with Crippen LogP contribution in [0.25, 0.3) is 0 Å². The number of hydrogen-bond donors (Lipinski definition) is 1. The number of alkyl halides is 2. The second-order valence-electron chi connectivity index (χ2n) is 10.7. The Kier molecular flexibility index (Phi) is 5.73. The third kappa shape index (κ3) is 3.16. The lowest BCUT2D eigenvalue weighted by Gasteiger charge is -2.54. The van der Waals surface area contributed by atoms with E-state index >= 15 is 0 Å². The quantitative estimate of drug-likeness (QED) is 0.301. The summed E-state index contributed by atoms with van der Waals surface area (Å²) in [5.41, 5.74) is 4.24. The van der Waals surface area contributed by atoms with Crippen LogP contribution in [0.3, 0.4) is 0 Å². The highest BCUT2D eigenvalue weighted by molar-refractivity contribution is 6.36. The molecule has 38 heavy (non-hydrogen) atoms. The lowest BCUT2D eigenvalue weighted by atomic mass is 9.54. The predicted octanol–water partition coefficient (Wildman–Crippen LogP) is 6.20. The minimum Gasteiger partial charge on any atom is -0.324 e. The molecule has 5 nitrogen and oxygen atoms in total. The van der Waals surface area contributed by atoms with E-state index in [1.807, 2.05) is 55.5 Å². The third-order valence-corrected chi connectivity index (χ3v) is 9.93. The highest BCUT2D eigenvalue weighted by Crippen LogP contribution is 2.69. The number of halogens is 3. The molecule has 1 saturated heterocycles. The summed E-state index contributed by atoms with van der Waals surface area (Å²) in [6.45, 7) is 5.47. The molecule has 1 fully saturated rings. The van der Waals surface area contributed by atoms with Crippen LogP contribution < -0.4 is 5.32 Å². The van der Waals surface area contributed by atoms with Crippen LogP contribution >= 0.6 is 34.8 Å². The van der Waals surface area contributed by atoms with Gasteiger partial charge >= 0.3 is 0 Å². The van der Waals surface area contributed by atoms with Crippen LogP contribution in [0.1, 0.15) is 41.7 Å². The van der Waals surface area contributed by atoms with Crippen molar-refractivity contribution in [3.05, 3.63) is 99.6 Å². The Hall–Kier alpha value is -2.86. The van der Waals surface area contributed by atoms with Gasteiger partial charge < -0.3 is 5.32 Å². The van der Waals surface area contributed by atoms with Gasteiger partial charge in [-0.15, -0.1) is 23.2 Å². The van der Waals surface area contributed by atoms with Gasteiger partial charge in [-0.1, -0.05) is 80.0 Å². The Morgan fingerprint density at radius 1 is 0.842 bits per heavy atom. The molecular weight excluding hydrogens is 543 g/mol. The van der Waals surface area contributed by atoms with Crippen LogP contribution in [0.5, 0.6) is 0 Å². The number of hydrogen-bond acceptors (Lipinski definition) is 3. The fourth-order valence-corrected chi connectivity index (χ4v) is 7.85. The topological polar surface area (TPSA) is 66.5 Å². The molecule has 3 aromatic carbocycles. The molecular formula is C30H25Cl3N2O3. The van der Waals surface area contributed by atoms with E-state index in [9.17, 15) is 14.4 Å². The number of imide groups is 1. The van der Waals surface area contributed by atoms with Crippen LogP contribution in [0.4, 0.5) is 5.69 Å². The number of amides is 3. The molecule has 0 unspecified atom stereocenters. The lowest BCUT2D eigenvalue weighted by Crippen LogP contribution is -2.57. The van der Waals surface area contributed by atoms with E-state index in [4.69, 9.17) is 34.8 Å². The van der Waals surface area contributed by atoms with Crippen LogP contribution in [0, 0.1) is 24.7 Å². The maximum atomic E-state index is 14.3. The van der Waals surface area contributed by atoms with Crippen molar-refractivity contribution in [3.63, 3.8) is 0 Å². The summed E-state index contributed by atoms with van der Waals surface area (Å²) in [4.78, 5) is 40.7. The fourth-order valence-electron chi connectivity index (χ4n) is 6.57. The maximum Gasteiger partial charge on any atom is 0.247 e. The van der Waals surface area contributed by atoms with Gasteiger partial charge in [0, 0.05) is 10.7 Å². The first-order valence-electron chi connectivity index (χ1n) is 12.5. The zero-order valence-corrected chi connectivity index (χ0v) is 23.2. The van der Waals surface area contributed by atoms with Gasteiger partial charge in [0.05, 0.1) is 11.8 Å². The summed E-state index contributed by atoms with van der Waals surface area (Å²) in [5.74, 6) is -3.73. The summed E-state index contributed by atoms with van der Waals surface area (Å²) in [6.07, 6.45) is 0. The molecule has 3 atom stereocenters. The van der Waals surface area contributed by atoms with Crippen LogP contribution in [-0.4, -0.2) is 28.7 Å². The Morgan fingerprint density at radius 3 is 1.68 bits per heavy atom. The summed E-state index contributed by atoms with van der Waals surface area (Å²) < 4.78 is 0. The Balaban J connectivity index is 1.47. The van der Waals surface area contributed by atoms with E-state index in [1.54, 1.807) is 32.0 Å². The molecule has 4 aliphatic rings. The largest absolute Gasteiger partial charge is 0.324 e. The number of likely N-dealkylation sites (tertiary alicyclic amines) is 1. The van der Waals surface area contributed by atoms with Crippen molar-refractivity contribution in [1.82, 2.24) is 4.90 Å². The van der Waals surface area contributed by atoms with Gasteiger partial charge in [-0.05, 0) is 52.8 Å². The zero-order chi connectivity index (χ0) is 27.1. The molecule has 1 N–H and O–H groups in total. The molecule has 8 heteroatoms. The first kappa shape index (κ1) is 25.4. The number of carbonyl (C=O) groups is 3. The molecule has 7 rings (SSSR count). The van der Waals surface area contributed by atoms with Crippen molar-refractivity contribution < 1.29 is 14.4 Å². The van der Waals surface area contributed by atoms with Crippen molar-refractivity contribution in [2.45, 2.75) is 36.6 Å². The molecule has 3 aliphatic carbocycles. The first-order chi connectivity index (χ1) is 18.0. The fraction of sp³-hybridized carbons (Fsp3) is 0.300. The van der Waals surface area contributed by atoms with E-state index in [2.05, 4.69) is 5.32 Å². The highest BCUT2D eigenvalue weighted by atomic mass is 35.5. The number of rotatable bonds is 4. The van der Waals surface area contributed by atoms with Crippen molar-refractivity contribution in [3.8, 4) is 0 Å². The highest BCUT2D eigenvalue weighted by Gasteiger charge is 2.73. The molecule has 194 valence electrons. The van der Waals surface area contributed by atoms with Crippen LogP contribution in [-0.2, 0) is 24.1 Å². The van der Waals surface area contributed by atoms with Gasteiger partial charge in [0.1, 0.15) is 15.8 Å². The molecule has 0 radical (unpaired) electrons. The molecule has 0 aromatic heterocycles. The van der Waals surface area contributed by atoms with Gasteiger partial charge in [-0.25, -0.2) is 0 Å². The van der Waals surface area contributed by atoms with Crippen molar-refractivity contribution in [2.75, 3.05) is 5.32 Å². The van der Waals surface area contributed by atoms with Crippen molar-refractivity contribution >= 4 is 58.2 Å². The van der Waals surface area contributed by atoms with E-state index in [1.165, 1.54) is 0 Å². The average molecular weight is 568 g/mol. The van der Waals surface area contributed by atoms with Crippen molar-refractivity contribution in [2.24, 2.45) is 17.8 Å². The SMILES string of the molecule is Cc1ccc(NC(=O)[C@H](C(C)C)N2C(=O)[C@@H]3[C@@H](C2=O)C2(Cl)c4ccccc4C3(Cl)c3ccccc32)cc1Cl. The summed E-state index contributed by atoms with van der Waals surface area (Å²) in [7, 11) is 0. The standard InChI is InChI=1S/C30H25Cl3N2O3/c1-15(2)25(26(36)34-17-13-12-16(3)22(31)14-17)35-27(37)23-24(28(35)38)30(33)19-9-5-4-8-18(19)29(23,32)20-10-6-7-11-21(20)30/h4-15,23-25H,1-3H3,(H,34,36)/t23-,24-,25-,29?,30?/m0/s1. The Labute approximate surface area is 236 Å². The van der Waals surface area contributed by atoms with E-state index in [-0.39, 0.29) is 5.92 Å². The predicted molar refractivity (Wildman–Crippen MR) is 148 cm³/mol. The minimum atomic E-state index is -1.29. The van der Waals surface area contributed by atoms with E-state index < -0.39 is 45.3 Å². The first-order valence-corrected chi connectivity index (χ1v) is 13.7. The van der Waals surface area contributed by atoms with Gasteiger partial charge in [0.15, 0.2) is 0 Å². The van der Waals surface area contributed by atoms with Gasteiger partial charge in [-0.2, -0.15) is 0 Å². The molecule has 3 aromatic rings. The number of benzene rings is 3. The van der Waals surface area contributed by atoms with E-state index in [0.717, 1.165) is 32.7 Å². The van der Waals surface area contributed by atoms with Crippen LogP contribution in [0.2, 0.25) is 5.02 Å². The minimum absolute atomic E-state index is 0.371. The maximum absolute atomic E-state index is 14.3. The van der Waals surface area contributed by atoms with E-state index in [0.29, 0.717) is 10.7 Å².